The standard InChI is InChI=1S/C9H15N5O/c1-7(9(10)13-15)14(2)6-8-11-4-3-5-12-8/h3-5,7,15H,6H2,1-2H3,(H2,10,13). The summed E-state index contributed by atoms with van der Waals surface area (Å²) in [6.07, 6.45) is 3.37. The second-order valence-corrected chi connectivity index (χ2v) is 3.28. The van der Waals surface area contributed by atoms with E-state index in [1.165, 1.54) is 0 Å². The second-order valence-electron chi connectivity index (χ2n) is 3.28. The minimum Gasteiger partial charge on any atom is -0.409 e. The highest BCUT2D eigenvalue weighted by molar-refractivity contribution is 5.84. The molecule has 6 heteroatoms. The summed E-state index contributed by atoms with van der Waals surface area (Å²) in [4.78, 5) is 10.1. The maximum Gasteiger partial charge on any atom is 0.156 e. The number of oxime groups is 1. The maximum atomic E-state index is 8.53. The van der Waals surface area contributed by atoms with Gasteiger partial charge < -0.3 is 10.9 Å². The Morgan fingerprint density at radius 2 is 2.20 bits per heavy atom. The van der Waals surface area contributed by atoms with E-state index < -0.39 is 0 Å². The fourth-order valence-electron chi connectivity index (χ4n) is 1.08. The monoisotopic (exact) mass is 209 g/mol. The normalized spacial score (nSPS) is 14.2. The van der Waals surface area contributed by atoms with E-state index in [4.69, 9.17) is 10.9 Å². The molecule has 6 nitrogen and oxygen atoms in total. The molecule has 82 valence electrons. The van der Waals surface area contributed by atoms with Crippen LogP contribution in [0.15, 0.2) is 23.6 Å². The lowest BCUT2D eigenvalue weighted by Crippen LogP contribution is -2.40. The van der Waals surface area contributed by atoms with Crippen molar-refractivity contribution in [2.45, 2.75) is 19.5 Å². The number of hydrogen-bond acceptors (Lipinski definition) is 5. The zero-order valence-electron chi connectivity index (χ0n) is 8.83. The Balaban J connectivity index is 2.60. The van der Waals surface area contributed by atoms with Gasteiger partial charge in [-0.05, 0) is 20.0 Å². The number of hydrogen-bond donors (Lipinski definition) is 2. The van der Waals surface area contributed by atoms with Crippen LogP contribution < -0.4 is 5.73 Å². The van der Waals surface area contributed by atoms with Gasteiger partial charge in [0.15, 0.2) is 5.84 Å². The number of aromatic nitrogens is 2. The predicted molar refractivity (Wildman–Crippen MR) is 56.4 cm³/mol. The first-order valence-corrected chi connectivity index (χ1v) is 4.58. The van der Waals surface area contributed by atoms with Gasteiger partial charge in [0.1, 0.15) is 5.82 Å². The number of amidine groups is 1. The molecule has 0 aliphatic heterocycles. The molecule has 0 aromatic carbocycles. The molecule has 0 radical (unpaired) electrons. The molecule has 0 aliphatic carbocycles. The SMILES string of the molecule is CC(C(N)=NO)N(C)Cc1ncccn1. The van der Waals surface area contributed by atoms with E-state index in [1.54, 1.807) is 18.5 Å². The molecule has 0 amide bonds. The van der Waals surface area contributed by atoms with E-state index in [1.807, 2.05) is 18.9 Å². The molecule has 3 N–H and O–H groups in total. The highest BCUT2D eigenvalue weighted by Crippen LogP contribution is 2.00. The van der Waals surface area contributed by atoms with Gasteiger partial charge in [0, 0.05) is 12.4 Å². The average molecular weight is 209 g/mol. The fraction of sp³-hybridized carbons (Fsp3) is 0.444. The van der Waals surface area contributed by atoms with Crippen LogP contribution in [0, 0.1) is 0 Å². The summed E-state index contributed by atoms with van der Waals surface area (Å²) >= 11 is 0. The first-order chi connectivity index (χ1) is 7.15. The highest BCUT2D eigenvalue weighted by atomic mass is 16.4. The Morgan fingerprint density at radius 3 is 2.73 bits per heavy atom. The lowest BCUT2D eigenvalue weighted by atomic mass is 10.3. The molecule has 0 aliphatic rings. The maximum absolute atomic E-state index is 8.53. The van der Waals surface area contributed by atoms with Gasteiger partial charge in [-0.2, -0.15) is 0 Å². The Morgan fingerprint density at radius 1 is 1.60 bits per heavy atom. The number of rotatable bonds is 4. The third-order valence-corrected chi connectivity index (χ3v) is 2.21. The largest absolute Gasteiger partial charge is 0.409 e. The van der Waals surface area contributed by atoms with Crippen LogP contribution >= 0.6 is 0 Å². The van der Waals surface area contributed by atoms with Crippen molar-refractivity contribution >= 4 is 5.84 Å². The van der Waals surface area contributed by atoms with E-state index in [-0.39, 0.29) is 11.9 Å². The van der Waals surface area contributed by atoms with Crippen LogP contribution in [0.4, 0.5) is 0 Å². The Kier molecular flexibility index (Phi) is 3.99. The van der Waals surface area contributed by atoms with Gasteiger partial charge in [-0.1, -0.05) is 5.16 Å². The summed E-state index contributed by atoms with van der Waals surface area (Å²) in [6.45, 7) is 2.40. The molecule has 0 bridgehead atoms. The number of likely N-dealkylation sites (N-methyl/N-ethyl adjacent to an activating group) is 1. The minimum absolute atomic E-state index is 0.154. The third-order valence-electron chi connectivity index (χ3n) is 2.21. The molecule has 0 saturated heterocycles. The predicted octanol–water partition coefficient (Wildman–Crippen LogP) is 0.0433. The van der Waals surface area contributed by atoms with Gasteiger partial charge in [-0.25, -0.2) is 9.97 Å². The molecule has 0 fully saturated rings. The summed E-state index contributed by atoms with van der Waals surface area (Å²) in [6, 6.07) is 1.61. The van der Waals surface area contributed by atoms with Crippen molar-refractivity contribution in [3.63, 3.8) is 0 Å². The van der Waals surface area contributed by atoms with Crippen molar-refractivity contribution in [3.05, 3.63) is 24.3 Å². The van der Waals surface area contributed by atoms with Crippen LogP contribution in [-0.4, -0.2) is 39.0 Å². The Bertz CT molecular complexity index is 327. The van der Waals surface area contributed by atoms with Crippen LogP contribution in [0.1, 0.15) is 12.7 Å². The smallest absolute Gasteiger partial charge is 0.156 e. The molecule has 1 heterocycles. The number of nitrogens with zero attached hydrogens (tertiary/aromatic N) is 4. The van der Waals surface area contributed by atoms with Crippen molar-refractivity contribution < 1.29 is 5.21 Å². The molecule has 1 unspecified atom stereocenters. The van der Waals surface area contributed by atoms with Crippen LogP contribution in [0.5, 0.6) is 0 Å². The van der Waals surface area contributed by atoms with Crippen molar-refractivity contribution in [2.75, 3.05) is 7.05 Å². The summed E-state index contributed by atoms with van der Waals surface area (Å²) in [5.41, 5.74) is 5.49. The van der Waals surface area contributed by atoms with E-state index in [2.05, 4.69) is 15.1 Å². The number of nitrogens with two attached hydrogens (primary N) is 1. The first-order valence-electron chi connectivity index (χ1n) is 4.58. The molecule has 1 rings (SSSR count). The summed E-state index contributed by atoms with van der Waals surface area (Å²) < 4.78 is 0. The third kappa shape index (κ3) is 3.17. The highest BCUT2D eigenvalue weighted by Gasteiger charge is 2.14. The van der Waals surface area contributed by atoms with Gasteiger partial charge in [-0.15, -0.1) is 0 Å². The van der Waals surface area contributed by atoms with Crippen LogP contribution in [-0.2, 0) is 6.54 Å². The Hall–Kier alpha value is -1.69. The molecule has 1 aromatic heterocycles. The lowest BCUT2D eigenvalue weighted by Gasteiger charge is -2.22. The van der Waals surface area contributed by atoms with Crippen molar-refractivity contribution in [1.29, 1.82) is 0 Å². The average Bonchev–Trinajstić information content (AvgIpc) is 2.28. The zero-order chi connectivity index (χ0) is 11.3. The first kappa shape index (κ1) is 11.4. The second kappa shape index (κ2) is 5.26. The van der Waals surface area contributed by atoms with Crippen molar-refractivity contribution in [3.8, 4) is 0 Å². The van der Waals surface area contributed by atoms with Crippen molar-refractivity contribution in [2.24, 2.45) is 10.9 Å². The molecular formula is C9H15N5O. The quantitative estimate of drug-likeness (QED) is 0.316. The topological polar surface area (TPSA) is 87.6 Å². The zero-order valence-corrected chi connectivity index (χ0v) is 8.83. The molecule has 1 atom stereocenters. The van der Waals surface area contributed by atoms with E-state index >= 15 is 0 Å². The molecular weight excluding hydrogens is 194 g/mol. The van der Waals surface area contributed by atoms with Gasteiger partial charge in [0.05, 0.1) is 12.6 Å². The molecule has 1 aromatic rings. The molecule has 0 spiro atoms. The fourth-order valence-corrected chi connectivity index (χ4v) is 1.08. The van der Waals surface area contributed by atoms with E-state index in [9.17, 15) is 0 Å². The summed E-state index contributed by atoms with van der Waals surface area (Å²) in [5, 5.41) is 11.5. The Labute approximate surface area is 88.4 Å². The van der Waals surface area contributed by atoms with Crippen LogP contribution in [0.2, 0.25) is 0 Å². The lowest BCUT2D eigenvalue weighted by molar-refractivity contribution is 0.274. The minimum atomic E-state index is -0.154. The molecule has 0 saturated carbocycles. The summed E-state index contributed by atoms with van der Waals surface area (Å²) in [7, 11) is 1.86. The van der Waals surface area contributed by atoms with E-state index in [0.29, 0.717) is 12.4 Å². The van der Waals surface area contributed by atoms with Gasteiger partial charge in [0.25, 0.3) is 0 Å². The van der Waals surface area contributed by atoms with Gasteiger partial charge in [0.2, 0.25) is 0 Å². The van der Waals surface area contributed by atoms with E-state index in [0.717, 1.165) is 0 Å². The molecule has 15 heavy (non-hydrogen) atoms. The summed E-state index contributed by atoms with van der Waals surface area (Å²) in [5.74, 6) is 0.881. The van der Waals surface area contributed by atoms with Crippen LogP contribution in [0.3, 0.4) is 0 Å². The van der Waals surface area contributed by atoms with Gasteiger partial charge in [-0.3, -0.25) is 4.90 Å². The van der Waals surface area contributed by atoms with Crippen LogP contribution in [0.25, 0.3) is 0 Å². The van der Waals surface area contributed by atoms with Gasteiger partial charge >= 0.3 is 0 Å². The van der Waals surface area contributed by atoms with Crippen molar-refractivity contribution in [1.82, 2.24) is 14.9 Å².